The van der Waals surface area contributed by atoms with E-state index in [0.717, 1.165) is 31.6 Å². The molecular formula is C19H23NO3. The quantitative estimate of drug-likeness (QED) is 0.786. The summed E-state index contributed by atoms with van der Waals surface area (Å²) in [5.74, 6) is 0.969. The third-order valence-electron chi connectivity index (χ3n) is 4.20. The molecule has 0 bridgehead atoms. The van der Waals surface area contributed by atoms with Gasteiger partial charge in [0.05, 0.1) is 18.9 Å². The maximum atomic E-state index is 12.7. The third kappa shape index (κ3) is 4.70. The minimum absolute atomic E-state index is 0.153. The Morgan fingerprint density at radius 3 is 2.74 bits per heavy atom. The van der Waals surface area contributed by atoms with E-state index >= 15 is 0 Å². The molecule has 1 unspecified atom stereocenters. The molecule has 0 aliphatic carbocycles. The molecule has 2 heterocycles. The van der Waals surface area contributed by atoms with Gasteiger partial charge in [0.15, 0.2) is 0 Å². The number of carbonyl (C=O) groups excluding carboxylic acids is 1. The second kappa shape index (κ2) is 7.97. The molecular weight excluding hydrogens is 290 g/mol. The van der Waals surface area contributed by atoms with Crippen molar-refractivity contribution in [2.24, 2.45) is 0 Å². The Bertz CT molecular complexity index is 588. The van der Waals surface area contributed by atoms with Gasteiger partial charge < -0.3 is 14.1 Å². The van der Waals surface area contributed by atoms with E-state index in [9.17, 15) is 4.79 Å². The lowest BCUT2D eigenvalue weighted by Gasteiger charge is -2.24. The van der Waals surface area contributed by atoms with Gasteiger partial charge in [-0.2, -0.15) is 0 Å². The first kappa shape index (κ1) is 15.8. The van der Waals surface area contributed by atoms with Crippen LogP contribution in [0.2, 0.25) is 0 Å². The summed E-state index contributed by atoms with van der Waals surface area (Å²) in [6.45, 7) is 1.96. The van der Waals surface area contributed by atoms with E-state index in [4.69, 9.17) is 9.15 Å². The molecule has 4 nitrogen and oxygen atoms in total. The van der Waals surface area contributed by atoms with Crippen molar-refractivity contribution >= 4 is 5.91 Å². The predicted octanol–water partition coefficient (Wildman–Crippen LogP) is 3.42. The van der Waals surface area contributed by atoms with Gasteiger partial charge in [0, 0.05) is 19.6 Å². The zero-order valence-electron chi connectivity index (χ0n) is 13.3. The van der Waals surface area contributed by atoms with Crippen LogP contribution in [0, 0.1) is 0 Å². The van der Waals surface area contributed by atoms with Crippen LogP contribution in [-0.4, -0.2) is 30.1 Å². The number of aryl methyl sites for hydroxylation is 1. The molecule has 0 radical (unpaired) electrons. The highest BCUT2D eigenvalue weighted by molar-refractivity contribution is 5.76. The first-order valence-electron chi connectivity index (χ1n) is 8.27. The highest BCUT2D eigenvalue weighted by atomic mass is 16.5. The van der Waals surface area contributed by atoms with E-state index < -0.39 is 0 Å². The number of ether oxygens (including phenoxy) is 1. The Morgan fingerprint density at radius 2 is 2.04 bits per heavy atom. The van der Waals surface area contributed by atoms with Crippen molar-refractivity contribution in [3.63, 3.8) is 0 Å². The van der Waals surface area contributed by atoms with Gasteiger partial charge in [0.2, 0.25) is 5.91 Å². The lowest BCUT2D eigenvalue weighted by atomic mass is 10.1. The molecule has 1 aromatic heterocycles. The molecule has 1 aromatic carbocycles. The largest absolute Gasteiger partial charge is 0.467 e. The Kier molecular flexibility index (Phi) is 5.48. The molecule has 0 spiro atoms. The Balaban J connectivity index is 1.59. The fourth-order valence-corrected chi connectivity index (χ4v) is 2.93. The van der Waals surface area contributed by atoms with Crippen LogP contribution in [0.5, 0.6) is 0 Å². The van der Waals surface area contributed by atoms with E-state index in [1.54, 1.807) is 6.26 Å². The van der Waals surface area contributed by atoms with Gasteiger partial charge in [0.25, 0.3) is 0 Å². The number of hydrogen-bond acceptors (Lipinski definition) is 3. The molecule has 1 amide bonds. The monoisotopic (exact) mass is 313 g/mol. The summed E-state index contributed by atoms with van der Waals surface area (Å²) in [5.41, 5.74) is 1.19. The van der Waals surface area contributed by atoms with Crippen LogP contribution in [0.3, 0.4) is 0 Å². The fourth-order valence-electron chi connectivity index (χ4n) is 2.93. The molecule has 1 atom stereocenters. The van der Waals surface area contributed by atoms with Crippen LogP contribution in [0.15, 0.2) is 53.1 Å². The Hall–Kier alpha value is -2.07. The van der Waals surface area contributed by atoms with Crippen LogP contribution in [0.4, 0.5) is 0 Å². The van der Waals surface area contributed by atoms with Crippen molar-refractivity contribution in [3.05, 3.63) is 60.1 Å². The number of hydrogen-bond donors (Lipinski definition) is 0. The van der Waals surface area contributed by atoms with Crippen LogP contribution in [0.25, 0.3) is 0 Å². The van der Waals surface area contributed by atoms with E-state index in [1.165, 1.54) is 5.56 Å². The van der Waals surface area contributed by atoms with E-state index in [-0.39, 0.29) is 12.0 Å². The van der Waals surface area contributed by atoms with E-state index in [1.807, 2.05) is 35.2 Å². The topological polar surface area (TPSA) is 42.7 Å². The fraction of sp³-hybridized carbons (Fsp3) is 0.421. The summed E-state index contributed by atoms with van der Waals surface area (Å²) in [7, 11) is 0. The van der Waals surface area contributed by atoms with Gasteiger partial charge in [-0.3, -0.25) is 4.79 Å². The maximum absolute atomic E-state index is 12.7. The smallest absolute Gasteiger partial charge is 0.223 e. The molecule has 1 saturated heterocycles. The first-order valence-corrected chi connectivity index (χ1v) is 8.27. The molecule has 1 fully saturated rings. The molecule has 0 N–H and O–H groups in total. The summed E-state index contributed by atoms with van der Waals surface area (Å²) < 4.78 is 11.1. The first-order chi connectivity index (χ1) is 11.3. The van der Waals surface area contributed by atoms with Crippen LogP contribution in [0.1, 0.15) is 30.6 Å². The van der Waals surface area contributed by atoms with Gasteiger partial charge in [-0.15, -0.1) is 0 Å². The molecule has 122 valence electrons. The van der Waals surface area contributed by atoms with Crippen molar-refractivity contribution in [1.29, 1.82) is 0 Å². The summed E-state index contributed by atoms with van der Waals surface area (Å²) in [5, 5.41) is 0. The normalized spacial score (nSPS) is 17.3. The standard InChI is InChI=1S/C19H23NO3/c21-19(11-10-16-6-2-1-3-7-16)20(14-17-8-4-12-22-17)15-18-9-5-13-23-18/h1-4,6-8,12,18H,5,9-11,13-15H2. The third-order valence-corrected chi connectivity index (χ3v) is 4.20. The minimum Gasteiger partial charge on any atom is -0.467 e. The summed E-state index contributed by atoms with van der Waals surface area (Å²) in [6.07, 6.45) is 5.19. The maximum Gasteiger partial charge on any atom is 0.223 e. The average molecular weight is 313 g/mol. The minimum atomic E-state index is 0.153. The lowest BCUT2D eigenvalue weighted by molar-refractivity contribution is -0.133. The van der Waals surface area contributed by atoms with Crippen molar-refractivity contribution in [3.8, 4) is 0 Å². The molecule has 2 aromatic rings. The molecule has 1 aliphatic rings. The summed E-state index contributed by atoms with van der Waals surface area (Å²) in [6, 6.07) is 13.9. The summed E-state index contributed by atoms with van der Waals surface area (Å²) in [4.78, 5) is 14.5. The van der Waals surface area contributed by atoms with Crippen molar-refractivity contribution in [2.45, 2.75) is 38.3 Å². The van der Waals surface area contributed by atoms with Gasteiger partial charge >= 0.3 is 0 Å². The zero-order chi connectivity index (χ0) is 15.9. The Morgan fingerprint density at radius 1 is 1.17 bits per heavy atom. The van der Waals surface area contributed by atoms with E-state index in [0.29, 0.717) is 19.5 Å². The predicted molar refractivity (Wildman–Crippen MR) is 87.9 cm³/mol. The zero-order valence-corrected chi connectivity index (χ0v) is 13.3. The molecule has 23 heavy (non-hydrogen) atoms. The van der Waals surface area contributed by atoms with Gasteiger partial charge in [-0.25, -0.2) is 0 Å². The van der Waals surface area contributed by atoms with Crippen molar-refractivity contribution in [2.75, 3.05) is 13.2 Å². The van der Waals surface area contributed by atoms with Gasteiger partial charge in [-0.1, -0.05) is 30.3 Å². The second-order valence-electron chi connectivity index (χ2n) is 5.97. The number of benzene rings is 1. The SMILES string of the molecule is O=C(CCc1ccccc1)N(Cc1ccco1)CC1CCCO1. The number of rotatable bonds is 7. The van der Waals surface area contributed by atoms with Crippen LogP contribution in [-0.2, 0) is 22.5 Å². The molecule has 0 saturated carbocycles. The highest BCUT2D eigenvalue weighted by Crippen LogP contribution is 2.16. The molecule has 1 aliphatic heterocycles. The summed E-state index contributed by atoms with van der Waals surface area (Å²) >= 11 is 0. The highest BCUT2D eigenvalue weighted by Gasteiger charge is 2.23. The number of nitrogens with zero attached hydrogens (tertiary/aromatic N) is 1. The molecule has 3 rings (SSSR count). The van der Waals surface area contributed by atoms with Crippen LogP contribution >= 0.6 is 0 Å². The van der Waals surface area contributed by atoms with Gasteiger partial charge in [-0.05, 0) is 37.0 Å². The number of amides is 1. The number of carbonyl (C=O) groups is 1. The second-order valence-corrected chi connectivity index (χ2v) is 5.97. The lowest BCUT2D eigenvalue weighted by Crippen LogP contribution is -2.37. The Labute approximate surface area is 137 Å². The van der Waals surface area contributed by atoms with Gasteiger partial charge in [0.1, 0.15) is 5.76 Å². The van der Waals surface area contributed by atoms with Crippen molar-refractivity contribution < 1.29 is 13.9 Å². The average Bonchev–Trinajstić information content (AvgIpc) is 3.27. The molecule has 4 heteroatoms. The van der Waals surface area contributed by atoms with Crippen molar-refractivity contribution in [1.82, 2.24) is 4.90 Å². The van der Waals surface area contributed by atoms with Crippen LogP contribution < -0.4 is 0 Å². The van der Waals surface area contributed by atoms with E-state index in [2.05, 4.69) is 12.1 Å². The number of furan rings is 1.